The Morgan fingerprint density at radius 3 is 2.42 bits per heavy atom. The maximum Gasteiger partial charge on any atom is 0.320 e. The van der Waals surface area contributed by atoms with Gasteiger partial charge in [-0.2, -0.15) is 0 Å². The van der Waals surface area contributed by atoms with Crippen LogP contribution in [0.2, 0.25) is 0 Å². The molecule has 0 unspecified atom stereocenters. The van der Waals surface area contributed by atoms with E-state index in [0.717, 1.165) is 38.5 Å². The topological polar surface area (TPSA) is 44.8 Å². The summed E-state index contributed by atoms with van der Waals surface area (Å²) in [5.74, 6) is 0.779. The molecule has 1 fully saturated rings. The molecule has 0 bridgehead atoms. The second-order valence-electron chi connectivity index (χ2n) is 6.77. The Kier molecular flexibility index (Phi) is 6.12. The van der Waals surface area contributed by atoms with Crippen molar-refractivity contribution in [3.05, 3.63) is 65.2 Å². The van der Waals surface area contributed by atoms with Gasteiger partial charge >= 0.3 is 6.03 Å². The molecule has 138 valence electrons. The van der Waals surface area contributed by atoms with Gasteiger partial charge in [-0.15, -0.1) is 0 Å². The molecule has 5 heteroatoms. The lowest BCUT2D eigenvalue weighted by molar-refractivity contribution is 0.130. The molecule has 0 spiro atoms. The zero-order chi connectivity index (χ0) is 18.4. The highest BCUT2D eigenvalue weighted by Gasteiger charge is 2.20. The summed E-state index contributed by atoms with van der Waals surface area (Å²) in [6.45, 7) is 8.50. The first-order chi connectivity index (χ1) is 12.6. The maximum absolute atomic E-state index is 12.3. The number of benzene rings is 2. The molecule has 2 aromatic carbocycles. The number of carbonyl (C=O) groups is 1. The molecule has 26 heavy (non-hydrogen) atoms. The van der Waals surface area contributed by atoms with E-state index in [1.807, 2.05) is 29.2 Å². The van der Waals surface area contributed by atoms with Gasteiger partial charge in [0.05, 0.1) is 0 Å². The highest BCUT2D eigenvalue weighted by molar-refractivity contribution is 5.74. The van der Waals surface area contributed by atoms with E-state index in [2.05, 4.69) is 48.3 Å². The number of aryl methyl sites for hydroxylation is 2. The lowest BCUT2D eigenvalue weighted by atomic mass is 10.1. The summed E-state index contributed by atoms with van der Waals surface area (Å²) in [6.07, 6.45) is 0. The number of urea groups is 1. The number of carbonyl (C=O) groups excluding carboxylic acids is 1. The molecule has 1 N–H and O–H groups in total. The number of nitrogens with one attached hydrogen (secondary N) is 1. The van der Waals surface area contributed by atoms with Gasteiger partial charge in [0.1, 0.15) is 5.75 Å². The molecular formula is C21H27N3O2. The van der Waals surface area contributed by atoms with Crippen LogP contribution in [0.15, 0.2) is 48.5 Å². The van der Waals surface area contributed by atoms with Crippen molar-refractivity contribution in [2.45, 2.75) is 20.4 Å². The van der Waals surface area contributed by atoms with Gasteiger partial charge in [0, 0.05) is 32.7 Å². The Labute approximate surface area is 155 Å². The lowest BCUT2D eigenvalue weighted by Crippen LogP contribution is -2.51. The van der Waals surface area contributed by atoms with Crippen LogP contribution in [0.1, 0.15) is 16.7 Å². The van der Waals surface area contributed by atoms with Crippen LogP contribution in [0.5, 0.6) is 5.75 Å². The maximum atomic E-state index is 12.3. The minimum atomic E-state index is -0.0619. The second-order valence-corrected chi connectivity index (χ2v) is 6.77. The highest BCUT2D eigenvalue weighted by atomic mass is 16.5. The molecule has 2 amide bonds. The van der Waals surface area contributed by atoms with Crippen LogP contribution in [-0.2, 0) is 6.54 Å². The van der Waals surface area contributed by atoms with Gasteiger partial charge < -0.3 is 15.0 Å². The summed E-state index contributed by atoms with van der Waals surface area (Å²) in [5, 5.41) is 2.85. The van der Waals surface area contributed by atoms with Crippen molar-refractivity contribution in [2.75, 3.05) is 32.9 Å². The highest BCUT2D eigenvalue weighted by Crippen LogP contribution is 2.16. The molecule has 2 aromatic rings. The third kappa shape index (κ3) is 4.99. The van der Waals surface area contributed by atoms with Crippen molar-refractivity contribution in [2.24, 2.45) is 0 Å². The van der Waals surface area contributed by atoms with Crippen LogP contribution in [0, 0.1) is 13.8 Å². The zero-order valence-corrected chi connectivity index (χ0v) is 15.6. The van der Waals surface area contributed by atoms with Crippen molar-refractivity contribution in [3.8, 4) is 5.75 Å². The molecule has 0 saturated carbocycles. The Morgan fingerprint density at radius 1 is 1.00 bits per heavy atom. The number of hydrogen-bond acceptors (Lipinski definition) is 3. The van der Waals surface area contributed by atoms with Gasteiger partial charge in [0.25, 0.3) is 0 Å². The smallest absolute Gasteiger partial charge is 0.320 e. The largest absolute Gasteiger partial charge is 0.473 e. The number of rotatable bonds is 5. The number of nitrogens with zero attached hydrogens (tertiary/aromatic N) is 2. The molecule has 0 atom stereocenters. The molecule has 1 heterocycles. The number of hydrogen-bond donors (Lipinski definition) is 1. The lowest BCUT2D eigenvalue weighted by Gasteiger charge is -2.34. The monoisotopic (exact) mass is 353 g/mol. The van der Waals surface area contributed by atoms with Crippen molar-refractivity contribution >= 4 is 6.03 Å². The molecular weight excluding hydrogens is 326 g/mol. The molecule has 5 nitrogen and oxygen atoms in total. The summed E-state index contributed by atoms with van der Waals surface area (Å²) in [7, 11) is 0. The predicted octanol–water partition coefficient (Wildman–Crippen LogP) is 3.17. The predicted molar refractivity (Wildman–Crippen MR) is 103 cm³/mol. The van der Waals surface area contributed by atoms with Gasteiger partial charge in [0.2, 0.25) is 0 Å². The van der Waals surface area contributed by atoms with Crippen LogP contribution < -0.4 is 10.1 Å². The number of amides is 2. The van der Waals surface area contributed by atoms with Gasteiger partial charge in [0.15, 0.2) is 6.73 Å². The molecule has 0 aromatic heterocycles. The molecule has 0 aliphatic carbocycles. The van der Waals surface area contributed by atoms with E-state index in [1.165, 1.54) is 16.7 Å². The minimum absolute atomic E-state index is 0.0619. The van der Waals surface area contributed by atoms with E-state index in [1.54, 1.807) is 0 Å². The number of ether oxygens (including phenoxy) is 1. The Hall–Kier alpha value is -2.53. The average Bonchev–Trinajstić information content (AvgIpc) is 2.66. The third-order valence-corrected chi connectivity index (χ3v) is 4.85. The second kappa shape index (κ2) is 8.72. The van der Waals surface area contributed by atoms with Crippen LogP contribution in [-0.4, -0.2) is 48.7 Å². The molecule has 1 aliphatic heterocycles. The SMILES string of the molecule is Cc1ccc(OCNC(=O)N2CCN(Cc3ccccc3)CC2)cc1C. The number of piperazine rings is 1. The molecule has 3 rings (SSSR count). The fourth-order valence-corrected chi connectivity index (χ4v) is 3.05. The Balaban J connectivity index is 1.38. The normalized spacial score (nSPS) is 14.9. The molecule has 1 saturated heterocycles. The van der Waals surface area contributed by atoms with Gasteiger partial charge in [-0.25, -0.2) is 4.79 Å². The fraction of sp³-hybridized carbons (Fsp3) is 0.381. The Bertz CT molecular complexity index is 725. The van der Waals surface area contributed by atoms with Crippen LogP contribution in [0.3, 0.4) is 0 Å². The van der Waals surface area contributed by atoms with E-state index < -0.39 is 0 Å². The van der Waals surface area contributed by atoms with E-state index in [-0.39, 0.29) is 12.8 Å². The Morgan fingerprint density at radius 2 is 1.73 bits per heavy atom. The summed E-state index contributed by atoms with van der Waals surface area (Å²) >= 11 is 0. The molecule has 1 aliphatic rings. The van der Waals surface area contributed by atoms with Gasteiger partial charge in [-0.1, -0.05) is 36.4 Å². The third-order valence-electron chi connectivity index (χ3n) is 4.85. The quantitative estimate of drug-likeness (QED) is 0.840. The summed E-state index contributed by atoms with van der Waals surface area (Å²) < 4.78 is 5.63. The molecule has 0 radical (unpaired) electrons. The summed E-state index contributed by atoms with van der Waals surface area (Å²) in [5.41, 5.74) is 3.73. The summed E-state index contributed by atoms with van der Waals surface area (Å²) in [4.78, 5) is 16.5. The van der Waals surface area contributed by atoms with E-state index >= 15 is 0 Å². The fourth-order valence-electron chi connectivity index (χ4n) is 3.05. The van der Waals surface area contributed by atoms with Gasteiger partial charge in [-0.3, -0.25) is 4.90 Å². The van der Waals surface area contributed by atoms with Crippen LogP contribution in [0.4, 0.5) is 4.79 Å². The van der Waals surface area contributed by atoms with Crippen molar-refractivity contribution in [1.82, 2.24) is 15.1 Å². The first-order valence-electron chi connectivity index (χ1n) is 9.11. The van der Waals surface area contributed by atoms with Gasteiger partial charge in [-0.05, 0) is 42.7 Å². The van der Waals surface area contributed by atoms with Crippen LogP contribution >= 0.6 is 0 Å². The van der Waals surface area contributed by atoms with Crippen molar-refractivity contribution < 1.29 is 9.53 Å². The summed E-state index contributed by atoms with van der Waals surface area (Å²) in [6, 6.07) is 16.3. The zero-order valence-electron chi connectivity index (χ0n) is 15.6. The van der Waals surface area contributed by atoms with Crippen molar-refractivity contribution in [3.63, 3.8) is 0 Å². The first kappa shape index (κ1) is 18.3. The van der Waals surface area contributed by atoms with Crippen LogP contribution in [0.25, 0.3) is 0 Å². The van der Waals surface area contributed by atoms with E-state index in [4.69, 9.17) is 4.74 Å². The minimum Gasteiger partial charge on any atom is -0.473 e. The van der Waals surface area contributed by atoms with E-state index in [9.17, 15) is 4.79 Å². The van der Waals surface area contributed by atoms with E-state index in [0.29, 0.717) is 0 Å². The first-order valence-corrected chi connectivity index (χ1v) is 9.11. The standard InChI is InChI=1S/C21H27N3O2/c1-17-8-9-20(14-18(17)2)26-16-22-21(25)24-12-10-23(11-13-24)15-19-6-4-3-5-7-19/h3-9,14H,10-13,15-16H2,1-2H3,(H,22,25). The van der Waals surface area contributed by atoms with Crippen molar-refractivity contribution in [1.29, 1.82) is 0 Å². The average molecular weight is 353 g/mol.